The zero-order chi connectivity index (χ0) is 11.4. The van der Waals surface area contributed by atoms with Gasteiger partial charge in [-0.05, 0) is 36.1 Å². The Kier molecular flexibility index (Phi) is 3.72. The Morgan fingerprint density at radius 1 is 1.53 bits per heavy atom. The summed E-state index contributed by atoms with van der Waals surface area (Å²) in [4.78, 5) is 11.1. The van der Waals surface area contributed by atoms with Crippen molar-refractivity contribution in [2.75, 3.05) is 12.8 Å². The van der Waals surface area contributed by atoms with Crippen LogP contribution in [-0.4, -0.2) is 13.1 Å². The summed E-state index contributed by atoms with van der Waals surface area (Å²) < 4.78 is 4.64. The van der Waals surface area contributed by atoms with Crippen molar-refractivity contribution in [1.29, 1.82) is 0 Å². The van der Waals surface area contributed by atoms with Crippen molar-refractivity contribution in [3.63, 3.8) is 0 Å². The quantitative estimate of drug-likeness (QED) is 0.611. The molecule has 1 atom stereocenters. The Hall–Kier alpha value is -1.51. The minimum atomic E-state index is -0.190. The zero-order valence-corrected chi connectivity index (χ0v) is 9.41. The Morgan fingerprint density at radius 2 is 2.20 bits per heavy atom. The SMILES string of the molecule is COC(=O)CC(C)c1cc(N)ccc1C. The standard InChI is InChI=1S/C12H17NO2/c1-8-4-5-10(13)7-11(8)9(2)6-12(14)15-3/h4-5,7,9H,6,13H2,1-3H3. The summed E-state index contributed by atoms with van der Waals surface area (Å²) >= 11 is 0. The molecule has 3 heteroatoms. The maximum Gasteiger partial charge on any atom is 0.306 e. The third-order valence-electron chi connectivity index (χ3n) is 2.53. The van der Waals surface area contributed by atoms with Crippen molar-refractivity contribution in [2.45, 2.75) is 26.2 Å². The number of rotatable bonds is 3. The molecule has 15 heavy (non-hydrogen) atoms. The van der Waals surface area contributed by atoms with Crippen molar-refractivity contribution in [1.82, 2.24) is 0 Å². The Labute approximate surface area is 90.2 Å². The fourth-order valence-corrected chi connectivity index (χ4v) is 1.63. The molecule has 82 valence electrons. The van der Waals surface area contributed by atoms with E-state index >= 15 is 0 Å². The third kappa shape index (κ3) is 2.98. The molecule has 0 bridgehead atoms. The number of anilines is 1. The molecule has 0 aromatic heterocycles. The molecule has 0 saturated heterocycles. The molecule has 0 amide bonds. The zero-order valence-electron chi connectivity index (χ0n) is 9.41. The van der Waals surface area contributed by atoms with Gasteiger partial charge in [-0.1, -0.05) is 13.0 Å². The number of ether oxygens (including phenoxy) is 1. The van der Waals surface area contributed by atoms with Crippen LogP contribution in [0.4, 0.5) is 5.69 Å². The van der Waals surface area contributed by atoms with Gasteiger partial charge in [0.25, 0.3) is 0 Å². The van der Waals surface area contributed by atoms with E-state index in [1.807, 2.05) is 32.0 Å². The molecule has 1 aromatic carbocycles. The maximum atomic E-state index is 11.1. The van der Waals surface area contributed by atoms with E-state index in [2.05, 4.69) is 4.74 Å². The predicted octanol–water partition coefficient (Wildman–Crippen LogP) is 2.24. The maximum absolute atomic E-state index is 11.1. The molecule has 3 nitrogen and oxygen atoms in total. The molecule has 0 saturated carbocycles. The molecule has 0 spiro atoms. The number of esters is 1. The van der Waals surface area contributed by atoms with Crippen molar-refractivity contribution in [3.8, 4) is 0 Å². The number of nitrogens with two attached hydrogens (primary N) is 1. The van der Waals surface area contributed by atoms with Crippen LogP contribution in [0.5, 0.6) is 0 Å². The first-order valence-electron chi connectivity index (χ1n) is 4.97. The number of hydrogen-bond acceptors (Lipinski definition) is 3. The molecule has 1 rings (SSSR count). The summed E-state index contributed by atoms with van der Waals surface area (Å²) in [5.41, 5.74) is 8.71. The van der Waals surface area contributed by atoms with Gasteiger partial charge < -0.3 is 10.5 Å². The number of nitrogen functional groups attached to an aromatic ring is 1. The van der Waals surface area contributed by atoms with E-state index in [4.69, 9.17) is 5.73 Å². The van der Waals surface area contributed by atoms with Crippen LogP contribution in [0.25, 0.3) is 0 Å². The van der Waals surface area contributed by atoms with Gasteiger partial charge in [-0.2, -0.15) is 0 Å². The van der Waals surface area contributed by atoms with E-state index in [9.17, 15) is 4.79 Å². The molecule has 0 aliphatic carbocycles. The average molecular weight is 207 g/mol. The second kappa shape index (κ2) is 4.82. The first kappa shape index (κ1) is 11.6. The lowest BCUT2D eigenvalue weighted by molar-refractivity contribution is -0.140. The van der Waals surface area contributed by atoms with Gasteiger partial charge in [0.1, 0.15) is 0 Å². The fourth-order valence-electron chi connectivity index (χ4n) is 1.63. The Balaban J connectivity index is 2.85. The highest BCUT2D eigenvalue weighted by molar-refractivity contribution is 5.70. The van der Waals surface area contributed by atoms with Crippen molar-refractivity contribution in [3.05, 3.63) is 29.3 Å². The second-order valence-corrected chi connectivity index (χ2v) is 3.80. The average Bonchev–Trinajstić information content (AvgIpc) is 2.21. The highest BCUT2D eigenvalue weighted by Crippen LogP contribution is 2.24. The van der Waals surface area contributed by atoms with Gasteiger partial charge in [0.2, 0.25) is 0 Å². The molecule has 0 heterocycles. The van der Waals surface area contributed by atoms with E-state index in [1.165, 1.54) is 7.11 Å². The first-order chi connectivity index (χ1) is 7.04. The van der Waals surface area contributed by atoms with Crippen LogP contribution >= 0.6 is 0 Å². The Bertz CT molecular complexity index is 361. The number of benzene rings is 1. The number of carbonyl (C=O) groups is 1. The summed E-state index contributed by atoms with van der Waals surface area (Å²) in [6.07, 6.45) is 0.390. The van der Waals surface area contributed by atoms with Gasteiger partial charge in [-0.15, -0.1) is 0 Å². The number of hydrogen-bond donors (Lipinski definition) is 1. The van der Waals surface area contributed by atoms with Gasteiger partial charge in [0, 0.05) is 5.69 Å². The summed E-state index contributed by atoms with van der Waals surface area (Å²) in [5.74, 6) is -0.0507. The lowest BCUT2D eigenvalue weighted by Crippen LogP contribution is -2.07. The minimum absolute atomic E-state index is 0.140. The predicted molar refractivity (Wildman–Crippen MR) is 60.6 cm³/mol. The molecule has 0 aliphatic rings. The van der Waals surface area contributed by atoms with E-state index in [-0.39, 0.29) is 11.9 Å². The lowest BCUT2D eigenvalue weighted by Gasteiger charge is -2.14. The molecule has 1 aromatic rings. The summed E-state index contributed by atoms with van der Waals surface area (Å²) in [7, 11) is 1.40. The van der Waals surface area contributed by atoms with Crippen LogP contribution in [0.1, 0.15) is 30.4 Å². The molecular formula is C12H17NO2. The monoisotopic (exact) mass is 207 g/mol. The number of carbonyl (C=O) groups excluding carboxylic acids is 1. The molecule has 2 N–H and O–H groups in total. The summed E-state index contributed by atoms with van der Waals surface area (Å²) in [5, 5.41) is 0. The highest BCUT2D eigenvalue weighted by Gasteiger charge is 2.13. The van der Waals surface area contributed by atoms with Gasteiger partial charge in [0.05, 0.1) is 13.5 Å². The minimum Gasteiger partial charge on any atom is -0.469 e. The molecular weight excluding hydrogens is 190 g/mol. The van der Waals surface area contributed by atoms with Gasteiger partial charge in [-0.25, -0.2) is 0 Å². The van der Waals surface area contributed by atoms with Crippen molar-refractivity contribution in [2.24, 2.45) is 0 Å². The smallest absolute Gasteiger partial charge is 0.306 e. The topological polar surface area (TPSA) is 52.3 Å². The van der Waals surface area contributed by atoms with Crippen LogP contribution in [0.15, 0.2) is 18.2 Å². The van der Waals surface area contributed by atoms with Gasteiger partial charge in [-0.3, -0.25) is 4.79 Å². The lowest BCUT2D eigenvalue weighted by atomic mass is 9.93. The van der Waals surface area contributed by atoms with E-state index < -0.39 is 0 Å². The van der Waals surface area contributed by atoms with Gasteiger partial charge >= 0.3 is 5.97 Å². The molecule has 0 radical (unpaired) electrons. The second-order valence-electron chi connectivity index (χ2n) is 3.80. The van der Waals surface area contributed by atoms with Crippen LogP contribution in [-0.2, 0) is 9.53 Å². The molecule has 0 aliphatic heterocycles. The van der Waals surface area contributed by atoms with E-state index in [0.717, 1.165) is 16.8 Å². The number of aryl methyl sites for hydroxylation is 1. The molecule has 0 fully saturated rings. The van der Waals surface area contributed by atoms with Crippen LogP contribution in [0, 0.1) is 6.92 Å². The van der Waals surface area contributed by atoms with Gasteiger partial charge in [0.15, 0.2) is 0 Å². The van der Waals surface area contributed by atoms with E-state index in [0.29, 0.717) is 6.42 Å². The van der Waals surface area contributed by atoms with Crippen molar-refractivity contribution < 1.29 is 9.53 Å². The molecule has 1 unspecified atom stereocenters. The highest BCUT2D eigenvalue weighted by atomic mass is 16.5. The fraction of sp³-hybridized carbons (Fsp3) is 0.417. The van der Waals surface area contributed by atoms with E-state index in [1.54, 1.807) is 0 Å². The summed E-state index contributed by atoms with van der Waals surface area (Å²) in [6.45, 7) is 4.02. The first-order valence-corrected chi connectivity index (χ1v) is 4.97. The van der Waals surface area contributed by atoms with Crippen LogP contribution < -0.4 is 5.73 Å². The normalized spacial score (nSPS) is 12.2. The van der Waals surface area contributed by atoms with Crippen LogP contribution in [0.2, 0.25) is 0 Å². The van der Waals surface area contributed by atoms with Crippen LogP contribution in [0.3, 0.4) is 0 Å². The summed E-state index contributed by atoms with van der Waals surface area (Å²) in [6, 6.07) is 5.76. The number of methoxy groups -OCH3 is 1. The largest absolute Gasteiger partial charge is 0.469 e. The Morgan fingerprint density at radius 3 is 2.80 bits per heavy atom. The third-order valence-corrected chi connectivity index (χ3v) is 2.53. The van der Waals surface area contributed by atoms with Crippen molar-refractivity contribution >= 4 is 11.7 Å².